The highest BCUT2D eigenvalue weighted by Gasteiger charge is 2.18. The summed E-state index contributed by atoms with van der Waals surface area (Å²) in [5.74, 6) is 0. The Morgan fingerprint density at radius 1 is 1.73 bits per heavy atom. The minimum atomic E-state index is 1.13. The number of thioether (sulfide) groups is 1. The molecule has 0 atom stereocenters. The number of nitrogens with zero attached hydrogens (tertiary/aromatic N) is 1. The molecule has 0 unspecified atom stereocenters. The molecule has 1 aliphatic rings. The van der Waals surface area contributed by atoms with E-state index in [0.29, 0.717) is 0 Å². The Morgan fingerprint density at radius 3 is 3.36 bits per heavy atom. The predicted molar refractivity (Wildman–Crippen MR) is 49.4 cm³/mol. The third-order valence-electron chi connectivity index (χ3n) is 1.77. The quantitative estimate of drug-likeness (QED) is 0.530. The van der Waals surface area contributed by atoms with E-state index in [2.05, 4.69) is 22.3 Å². The minimum absolute atomic E-state index is 1.13. The largest absolute Gasteiger partial charge is 0.334 e. The summed E-state index contributed by atoms with van der Waals surface area (Å²) in [4.78, 5) is 0. The maximum Gasteiger partial charge on any atom is 0.334 e. The molecule has 0 saturated carbocycles. The molecule has 1 aromatic heterocycles. The molecule has 1 aliphatic heterocycles. The molecule has 0 aromatic carbocycles. The molecule has 2 heterocycles. The van der Waals surface area contributed by atoms with E-state index in [1.165, 1.54) is 22.3 Å². The van der Waals surface area contributed by atoms with E-state index in [0.717, 1.165) is 6.54 Å². The van der Waals surface area contributed by atoms with Gasteiger partial charge < -0.3 is 0 Å². The average molecular weight is 187 g/mol. The van der Waals surface area contributed by atoms with E-state index in [4.69, 9.17) is 0 Å². The van der Waals surface area contributed by atoms with Gasteiger partial charge in [0.15, 0.2) is 0 Å². The second kappa shape index (κ2) is 3.03. The number of fused-ring (bicyclic) bond motifs is 1. The van der Waals surface area contributed by atoms with Gasteiger partial charge in [0.2, 0.25) is 0 Å². The van der Waals surface area contributed by atoms with Crippen molar-refractivity contribution in [3.8, 4) is 0 Å². The third-order valence-corrected chi connectivity index (χ3v) is 3.91. The van der Waals surface area contributed by atoms with Gasteiger partial charge in [-0.25, -0.2) is 4.57 Å². The van der Waals surface area contributed by atoms with Gasteiger partial charge >= 0.3 is 5.13 Å². The summed E-state index contributed by atoms with van der Waals surface area (Å²) >= 11 is 3.67. The number of anilines is 1. The van der Waals surface area contributed by atoms with Gasteiger partial charge in [-0.3, -0.25) is 5.32 Å². The van der Waals surface area contributed by atoms with Crippen LogP contribution in [-0.2, 0) is 6.54 Å². The van der Waals surface area contributed by atoms with Gasteiger partial charge in [-0.05, 0) is 17.6 Å². The zero-order chi connectivity index (χ0) is 7.68. The summed E-state index contributed by atoms with van der Waals surface area (Å²) in [5, 5.41) is 4.71. The van der Waals surface area contributed by atoms with Gasteiger partial charge in [0.1, 0.15) is 10.4 Å². The van der Waals surface area contributed by atoms with Gasteiger partial charge in [-0.2, -0.15) is 0 Å². The molecule has 0 bridgehead atoms. The van der Waals surface area contributed by atoms with E-state index in [9.17, 15) is 0 Å². The number of hydrogen-bond donors (Lipinski definition) is 1. The van der Waals surface area contributed by atoms with Crippen LogP contribution < -0.4 is 9.88 Å². The Hall–Kier alpha value is -0.220. The number of thiazole rings is 1. The highest BCUT2D eigenvalue weighted by molar-refractivity contribution is 8.00. The molecule has 0 radical (unpaired) electrons. The first-order valence-electron chi connectivity index (χ1n) is 3.71. The summed E-state index contributed by atoms with van der Waals surface area (Å²) in [6.45, 7) is 2.31. The van der Waals surface area contributed by atoms with Crippen LogP contribution in [0.5, 0.6) is 0 Å². The maximum absolute atomic E-state index is 3.39. The van der Waals surface area contributed by atoms with Crippen molar-refractivity contribution in [3.05, 3.63) is 6.20 Å². The molecule has 0 spiro atoms. The zero-order valence-electron chi connectivity index (χ0n) is 6.46. The topological polar surface area (TPSA) is 15.9 Å². The minimum Gasteiger partial charge on any atom is -0.265 e. The second-order valence-electron chi connectivity index (χ2n) is 2.53. The van der Waals surface area contributed by atoms with E-state index < -0.39 is 0 Å². The van der Waals surface area contributed by atoms with Crippen LogP contribution >= 0.6 is 23.1 Å². The molecule has 1 aromatic rings. The fraction of sp³-hybridized carbons (Fsp3) is 0.571. The lowest BCUT2D eigenvalue weighted by molar-refractivity contribution is -0.683. The average Bonchev–Trinajstić information content (AvgIpc) is 2.46. The Bertz CT molecular complexity index is 233. The Kier molecular flexibility index (Phi) is 2.05. The second-order valence-corrected chi connectivity index (χ2v) is 4.67. The molecule has 0 amide bonds. The fourth-order valence-electron chi connectivity index (χ4n) is 1.21. The highest BCUT2D eigenvalue weighted by Crippen LogP contribution is 2.25. The molecule has 4 heteroatoms. The Morgan fingerprint density at radius 2 is 2.64 bits per heavy atom. The first kappa shape index (κ1) is 7.43. The molecule has 0 saturated heterocycles. The lowest BCUT2D eigenvalue weighted by Crippen LogP contribution is -2.39. The van der Waals surface area contributed by atoms with Crippen molar-refractivity contribution in [1.82, 2.24) is 0 Å². The number of aromatic nitrogens is 1. The monoisotopic (exact) mass is 187 g/mol. The van der Waals surface area contributed by atoms with Crippen LogP contribution in [0.4, 0.5) is 5.13 Å². The van der Waals surface area contributed by atoms with E-state index in [1.54, 1.807) is 0 Å². The van der Waals surface area contributed by atoms with Crippen LogP contribution in [0.1, 0.15) is 6.42 Å². The first-order chi connectivity index (χ1) is 5.40. The van der Waals surface area contributed by atoms with Crippen molar-refractivity contribution in [2.45, 2.75) is 17.2 Å². The van der Waals surface area contributed by atoms with Crippen molar-refractivity contribution < 1.29 is 4.57 Å². The fourth-order valence-corrected chi connectivity index (χ4v) is 2.82. The molecular weight excluding hydrogens is 176 g/mol. The van der Waals surface area contributed by atoms with Crippen LogP contribution in [0.3, 0.4) is 0 Å². The molecule has 0 fully saturated rings. The summed E-state index contributed by atoms with van der Waals surface area (Å²) in [7, 11) is 0. The van der Waals surface area contributed by atoms with E-state index >= 15 is 0 Å². The lowest BCUT2D eigenvalue weighted by Gasteiger charge is -2.05. The molecule has 2 rings (SSSR count). The molecule has 2 nitrogen and oxygen atoms in total. The SMILES string of the molecule is CSc1c[n+]2c(s1)NCCC2. The highest BCUT2D eigenvalue weighted by atomic mass is 32.2. The smallest absolute Gasteiger partial charge is 0.265 e. The van der Waals surface area contributed by atoms with Crippen molar-refractivity contribution in [1.29, 1.82) is 0 Å². The van der Waals surface area contributed by atoms with Gasteiger partial charge in [-0.1, -0.05) is 0 Å². The van der Waals surface area contributed by atoms with E-state index in [-0.39, 0.29) is 0 Å². The normalized spacial score (nSPS) is 15.7. The molecule has 0 aliphatic carbocycles. The standard InChI is InChI=1S/C7H10N2S2/c1-10-6-5-9-4-2-3-8-7(9)11-6/h5H,2-4H2,1H3/p+1. The first-order valence-corrected chi connectivity index (χ1v) is 5.75. The van der Waals surface area contributed by atoms with Gasteiger partial charge in [-0.15, -0.1) is 11.8 Å². The van der Waals surface area contributed by atoms with Crippen LogP contribution in [-0.4, -0.2) is 12.8 Å². The summed E-state index contributed by atoms with van der Waals surface area (Å²) in [6.07, 6.45) is 5.61. The zero-order valence-corrected chi connectivity index (χ0v) is 8.10. The number of hydrogen-bond acceptors (Lipinski definition) is 3. The Balaban J connectivity index is 2.32. The van der Waals surface area contributed by atoms with Crippen molar-refractivity contribution in [2.24, 2.45) is 0 Å². The summed E-state index contributed by atoms with van der Waals surface area (Å²) in [6, 6.07) is 0. The van der Waals surface area contributed by atoms with Gasteiger partial charge in [0, 0.05) is 6.42 Å². The van der Waals surface area contributed by atoms with Crippen LogP contribution in [0, 0.1) is 0 Å². The van der Waals surface area contributed by atoms with Crippen molar-refractivity contribution >= 4 is 28.2 Å². The van der Waals surface area contributed by atoms with E-state index in [1.807, 2.05) is 23.1 Å². The number of nitrogens with one attached hydrogen (secondary N) is 1. The summed E-state index contributed by atoms with van der Waals surface area (Å²) in [5.41, 5.74) is 0. The Labute approximate surface area is 74.6 Å². The predicted octanol–water partition coefficient (Wildman–Crippen LogP) is 1.57. The van der Waals surface area contributed by atoms with Gasteiger partial charge in [0.25, 0.3) is 0 Å². The van der Waals surface area contributed by atoms with Crippen molar-refractivity contribution in [3.63, 3.8) is 0 Å². The molecule has 11 heavy (non-hydrogen) atoms. The third kappa shape index (κ3) is 1.37. The van der Waals surface area contributed by atoms with Crippen LogP contribution in [0.25, 0.3) is 0 Å². The molecule has 1 N–H and O–H groups in total. The van der Waals surface area contributed by atoms with Crippen LogP contribution in [0.15, 0.2) is 10.4 Å². The number of rotatable bonds is 1. The molecule has 60 valence electrons. The lowest BCUT2D eigenvalue weighted by atomic mass is 10.4. The number of aryl methyl sites for hydroxylation is 1. The van der Waals surface area contributed by atoms with Crippen molar-refractivity contribution in [2.75, 3.05) is 18.1 Å². The van der Waals surface area contributed by atoms with Crippen LogP contribution in [0.2, 0.25) is 0 Å². The summed E-state index contributed by atoms with van der Waals surface area (Å²) < 4.78 is 3.70. The maximum atomic E-state index is 3.39. The molecular formula is C7H11N2S2+. The van der Waals surface area contributed by atoms with Gasteiger partial charge in [0.05, 0.1) is 13.1 Å².